The van der Waals surface area contributed by atoms with Gasteiger partial charge in [-0.2, -0.15) is 4.31 Å². The number of amides is 1. The molecular formula is C22H19Cl3N2O3S. The molecule has 0 radical (unpaired) electrons. The summed E-state index contributed by atoms with van der Waals surface area (Å²) < 4.78 is 27.6. The molecule has 0 aliphatic rings. The van der Waals surface area contributed by atoms with E-state index >= 15 is 0 Å². The Balaban J connectivity index is 1.79. The fourth-order valence-electron chi connectivity index (χ4n) is 2.84. The first-order valence-electron chi connectivity index (χ1n) is 9.26. The van der Waals surface area contributed by atoms with Crippen molar-refractivity contribution in [1.29, 1.82) is 0 Å². The number of carbonyl (C=O) groups is 1. The summed E-state index contributed by atoms with van der Waals surface area (Å²) in [5.74, 6) is -0.459. The van der Waals surface area contributed by atoms with Gasteiger partial charge in [0.2, 0.25) is 15.9 Å². The number of carbonyl (C=O) groups excluding carboxylic acids is 1. The van der Waals surface area contributed by atoms with Crippen molar-refractivity contribution in [1.82, 2.24) is 9.62 Å². The van der Waals surface area contributed by atoms with Gasteiger partial charge in [0.1, 0.15) is 0 Å². The maximum Gasteiger partial charge on any atom is 0.243 e. The molecule has 1 N–H and O–H groups in total. The predicted octanol–water partition coefficient (Wildman–Crippen LogP) is 5.15. The molecule has 0 spiro atoms. The van der Waals surface area contributed by atoms with Gasteiger partial charge in [-0.15, -0.1) is 0 Å². The van der Waals surface area contributed by atoms with E-state index in [1.807, 2.05) is 18.2 Å². The van der Waals surface area contributed by atoms with Crippen molar-refractivity contribution in [3.05, 3.63) is 99.0 Å². The van der Waals surface area contributed by atoms with Crippen LogP contribution in [0.25, 0.3) is 0 Å². The summed E-state index contributed by atoms with van der Waals surface area (Å²) in [5, 5.41) is 4.05. The molecule has 9 heteroatoms. The lowest BCUT2D eigenvalue weighted by atomic mass is 10.2. The first-order valence-corrected chi connectivity index (χ1v) is 11.8. The first kappa shape index (κ1) is 23.6. The molecule has 0 aromatic heterocycles. The largest absolute Gasteiger partial charge is 0.351 e. The Morgan fingerprint density at radius 1 is 0.871 bits per heavy atom. The number of benzene rings is 3. The zero-order chi connectivity index (χ0) is 22.4. The van der Waals surface area contributed by atoms with Gasteiger partial charge in [-0.25, -0.2) is 8.42 Å². The molecular weight excluding hydrogens is 479 g/mol. The number of hydrogen-bond donors (Lipinski definition) is 1. The van der Waals surface area contributed by atoms with Crippen molar-refractivity contribution in [2.24, 2.45) is 0 Å². The molecule has 0 unspecified atom stereocenters. The van der Waals surface area contributed by atoms with Gasteiger partial charge in [-0.3, -0.25) is 4.79 Å². The van der Waals surface area contributed by atoms with Crippen molar-refractivity contribution in [2.45, 2.75) is 18.0 Å². The normalized spacial score (nSPS) is 11.5. The van der Waals surface area contributed by atoms with Gasteiger partial charge in [-0.05, 0) is 47.5 Å². The van der Waals surface area contributed by atoms with Crippen molar-refractivity contribution in [3.63, 3.8) is 0 Å². The number of sulfonamides is 1. The Hall–Kier alpha value is -2.09. The minimum Gasteiger partial charge on any atom is -0.351 e. The summed E-state index contributed by atoms with van der Waals surface area (Å²) in [6.45, 7) is -0.166. The molecule has 0 atom stereocenters. The second-order valence-electron chi connectivity index (χ2n) is 6.73. The highest BCUT2D eigenvalue weighted by Gasteiger charge is 2.27. The summed E-state index contributed by atoms with van der Waals surface area (Å²) in [6, 6.07) is 19.8. The van der Waals surface area contributed by atoms with E-state index in [0.717, 1.165) is 9.87 Å². The maximum atomic E-state index is 13.2. The van der Waals surface area contributed by atoms with Crippen molar-refractivity contribution in [2.75, 3.05) is 6.54 Å². The average Bonchev–Trinajstić information content (AvgIpc) is 2.74. The number of nitrogens with zero attached hydrogens (tertiary/aromatic N) is 1. The van der Waals surface area contributed by atoms with Crippen LogP contribution in [0.15, 0.2) is 77.7 Å². The van der Waals surface area contributed by atoms with Crippen LogP contribution in [0.1, 0.15) is 11.1 Å². The third kappa shape index (κ3) is 6.45. The van der Waals surface area contributed by atoms with Crippen molar-refractivity contribution in [3.8, 4) is 0 Å². The highest BCUT2D eigenvalue weighted by atomic mass is 35.5. The maximum absolute atomic E-state index is 13.2. The SMILES string of the molecule is O=C(CN(Cc1ccccc1)S(=O)(=O)c1ccc(Cl)cc1)NCc1ccc(Cl)cc1Cl. The Morgan fingerprint density at radius 3 is 2.16 bits per heavy atom. The molecule has 3 rings (SSSR count). The molecule has 0 aliphatic carbocycles. The van der Waals surface area contributed by atoms with Crippen LogP contribution in [0.2, 0.25) is 15.1 Å². The van der Waals surface area contributed by atoms with E-state index in [2.05, 4.69) is 5.32 Å². The monoisotopic (exact) mass is 496 g/mol. The molecule has 162 valence electrons. The quantitative estimate of drug-likeness (QED) is 0.468. The van der Waals surface area contributed by atoms with Crippen LogP contribution in [0.3, 0.4) is 0 Å². The van der Waals surface area contributed by atoms with E-state index in [-0.39, 0.29) is 24.5 Å². The fraction of sp³-hybridized carbons (Fsp3) is 0.136. The number of hydrogen-bond acceptors (Lipinski definition) is 3. The van der Waals surface area contributed by atoms with Gasteiger partial charge in [0.15, 0.2) is 0 Å². The minimum atomic E-state index is -3.94. The summed E-state index contributed by atoms with van der Waals surface area (Å²) in [4.78, 5) is 12.7. The second-order valence-corrected chi connectivity index (χ2v) is 9.94. The Morgan fingerprint density at radius 2 is 1.52 bits per heavy atom. The average molecular weight is 498 g/mol. The molecule has 0 saturated heterocycles. The molecule has 1 amide bonds. The van der Waals surface area contributed by atoms with E-state index < -0.39 is 15.9 Å². The first-order chi connectivity index (χ1) is 14.8. The number of halogens is 3. The Labute approximate surface area is 196 Å². The minimum absolute atomic E-state index is 0.0426. The molecule has 3 aromatic carbocycles. The third-order valence-electron chi connectivity index (χ3n) is 4.46. The van der Waals surface area contributed by atoms with Crippen LogP contribution < -0.4 is 5.32 Å². The third-order valence-corrected chi connectivity index (χ3v) is 7.11. The van der Waals surface area contributed by atoms with Crippen LogP contribution >= 0.6 is 34.8 Å². The zero-order valence-electron chi connectivity index (χ0n) is 16.3. The molecule has 0 saturated carbocycles. The van der Waals surface area contributed by atoms with Crippen LogP contribution in [0, 0.1) is 0 Å². The second kappa shape index (κ2) is 10.5. The molecule has 3 aromatic rings. The highest BCUT2D eigenvalue weighted by Crippen LogP contribution is 2.22. The van der Waals surface area contributed by atoms with Gasteiger partial charge in [0, 0.05) is 28.2 Å². The molecule has 0 fully saturated rings. The molecule has 0 heterocycles. The van der Waals surface area contributed by atoms with Gasteiger partial charge in [0.05, 0.1) is 11.4 Å². The van der Waals surface area contributed by atoms with E-state index in [9.17, 15) is 13.2 Å². The van der Waals surface area contributed by atoms with Gasteiger partial charge in [0.25, 0.3) is 0 Å². The summed E-state index contributed by atoms with van der Waals surface area (Å²) >= 11 is 17.9. The lowest BCUT2D eigenvalue weighted by molar-refractivity contribution is -0.121. The highest BCUT2D eigenvalue weighted by molar-refractivity contribution is 7.89. The van der Waals surface area contributed by atoms with Crippen molar-refractivity contribution >= 4 is 50.7 Å². The van der Waals surface area contributed by atoms with Gasteiger partial charge < -0.3 is 5.32 Å². The smallest absolute Gasteiger partial charge is 0.243 e. The van der Waals surface area contributed by atoms with Crippen LogP contribution in [0.4, 0.5) is 0 Å². The summed E-state index contributed by atoms with van der Waals surface area (Å²) in [6.07, 6.45) is 0. The number of nitrogens with one attached hydrogen (secondary N) is 1. The number of rotatable bonds is 8. The topological polar surface area (TPSA) is 66.5 Å². The van der Waals surface area contributed by atoms with E-state index in [1.165, 1.54) is 24.3 Å². The van der Waals surface area contributed by atoms with Crippen LogP contribution in [-0.2, 0) is 27.9 Å². The van der Waals surface area contributed by atoms with Crippen LogP contribution in [0.5, 0.6) is 0 Å². The predicted molar refractivity (Wildman–Crippen MR) is 124 cm³/mol. The van der Waals surface area contributed by atoms with Gasteiger partial charge in [-0.1, -0.05) is 71.2 Å². The van der Waals surface area contributed by atoms with Crippen LogP contribution in [-0.4, -0.2) is 25.2 Å². The van der Waals surface area contributed by atoms with E-state index in [0.29, 0.717) is 20.6 Å². The Bertz CT molecular complexity index is 1150. The lowest BCUT2D eigenvalue weighted by Gasteiger charge is -2.22. The standard InChI is InChI=1S/C22H19Cl3N2O3S/c23-18-8-10-20(11-9-18)31(29,30)27(14-16-4-2-1-3-5-16)15-22(28)26-13-17-6-7-19(24)12-21(17)25/h1-12H,13-15H2,(H,26,28). The van der Waals surface area contributed by atoms with Crippen molar-refractivity contribution < 1.29 is 13.2 Å². The lowest BCUT2D eigenvalue weighted by Crippen LogP contribution is -2.40. The summed E-state index contributed by atoms with van der Waals surface area (Å²) in [5.41, 5.74) is 1.43. The molecule has 5 nitrogen and oxygen atoms in total. The molecule has 0 aliphatic heterocycles. The summed E-state index contributed by atoms with van der Waals surface area (Å²) in [7, 11) is -3.94. The van der Waals surface area contributed by atoms with E-state index in [1.54, 1.807) is 30.3 Å². The molecule has 31 heavy (non-hydrogen) atoms. The molecule has 0 bridgehead atoms. The van der Waals surface area contributed by atoms with Gasteiger partial charge >= 0.3 is 0 Å². The van der Waals surface area contributed by atoms with E-state index in [4.69, 9.17) is 34.8 Å². The zero-order valence-corrected chi connectivity index (χ0v) is 19.3. The Kier molecular flexibility index (Phi) is 7.97. The fourth-order valence-corrected chi connectivity index (χ4v) is 4.83.